The van der Waals surface area contributed by atoms with Gasteiger partial charge >= 0.3 is 11.9 Å². The van der Waals surface area contributed by atoms with Crippen LogP contribution in [-0.2, 0) is 9.59 Å². The van der Waals surface area contributed by atoms with Crippen molar-refractivity contribution in [2.45, 2.75) is 27.2 Å². The third kappa shape index (κ3) is 3.92. The van der Waals surface area contributed by atoms with Crippen LogP contribution in [0.2, 0.25) is 0 Å². The van der Waals surface area contributed by atoms with Crippen molar-refractivity contribution in [1.82, 2.24) is 0 Å². The number of rotatable bonds is 5. The van der Waals surface area contributed by atoms with Crippen LogP contribution in [0.1, 0.15) is 27.2 Å². The van der Waals surface area contributed by atoms with Gasteiger partial charge in [0.05, 0.1) is 12.3 Å². The van der Waals surface area contributed by atoms with Gasteiger partial charge in [-0.3, -0.25) is 9.59 Å². The van der Waals surface area contributed by atoms with Crippen molar-refractivity contribution in [3.05, 3.63) is 0 Å². The van der Waals surface area contributed by atoms with E-state index in [1.54, 1.807) is 6.92 Å². The molecule has 0 aromatic carbocycles. The van der Waals surface area contributed by atoms with Gasteiger partial charge in [0.1, 0.15) is 0 Å². The van der Waals surface area contributed by atoms with Crippen LogP contribution in [0.3, 0.4) is 0 Å². The third-order valence-corrected chi connectivity index (χ3v) is 2.40. The monoisotopic (exact) mass is 188 g/mol. The van der Waals surface area contributed by atoms with E-state index in [1.807, 2.05) is 13.8 Å². The number of carbonyl (C=O) groups is 2. The Balaban J connectivity index is 4.41. The van der Waals surface area contributed by atoms with Gasteiger partial charge in [0.25, 0.3) is 0 Å². The third-order valence-electron chi connectivity index (χ3n) is 2.40. The Morgan fingerprint density at radius 2 is 1.62 bits per heavy atom. The van der Waals surface area contributed by atoms with Crippen LogP contribution in [0.15, 0.2) is 0 Å². The van der Waals surface area contributed by atoms with Gasteiger partial charge in [-0.25, -0.2) is 0 Å². The molecular formula is C9H16O4. The van der Waals surface area contributed by atoms with Crippen molar-refractivity contribution in [2.75, 3.05) is 0 Å². The molecule has 2 atom stereocenters. The molecule has 2 unspecified atom stereocenters. The molecule has 0 aromatic rings. The average molecular weight is 188 g/mol. The summed E-state index contributed by atoms with van der Waals surface area (Å²) in [4.78, 5) is 21.1. The van der Waals surface area contributed by atoms with Crippen molar-refractivity contribution in [3.8, 4) is 0 Å². The minimum absolute atomic E-state index is 0.117. The largest absolute Gasteiger partial charge is 0.481 e. The summed E-state index contributed by atoms with van der Waals surface area (Å²) in [7, 11) is 0. The summed E-state index contributed by atoms with van der Waals surface area (Å²) in [5.74, 6) is -2.80. The SMILES string of the molecule is CC(C)C(C)C(CC(=O)O)C(=O)O. The van der Waals surface area contributed by atoms with Crippen molar-refractivity contribution >= 4 is 11.9 Å². The molecule has 0 aromatic heterocycles. The van der Waals surface area contributed by atoms with E-state index in [1.165, 1.54) is 0 Å². The van der Waals surface area contributed by atoms with E-state index in [4.69, 9.17) is 10.2 Å². The zero-order valence-electron chi connectivity index (χ0n) is 8.15. The van der Waals surface area contributed by atoms with Crippen LogP contribution >= 0.6 is 0 Å². The lowest BCUT2D eigenvalue weighted by molar-refractivity contribution is -0.150. The minimum Gasteiger partial charge on any atom is -0.481 e. The smallest absolute Gasteiger partial charge is 0.307 e. The normalized spacial score (nSPS) is 15.4. The highest BCUT2D eigenvalue weighted by atomic mass is 16.4. The summed E-state index contributed by atoms with van der Waals surface area (Å²) >= 11 is 0. The predicted octanol–water partition coefficient (Wildman–Crippen LogP) is 1.45. The zero-order chi connectivity index (χ0) is 10.6. The molecule has 0 bridgehead atoms. The van der Waals surface area contributed by atoms with E-state index >= 15 is 0 Å². The molecule has 0 aliphatic carbocycles. The molecule has 0 aliphatic rings. The molecular weight excluding hydrogens is 172 g/mol. The lowest BCUT2D eigenvalue weighted by Gasteiger charge is -2.21. The Labute approximate surface area is 77.6 Å². The molecule has 0 rings (SSSR count). The summed E-state index contributed by atoms with van der Waals surface area (Å²) in [6.07, 6.45) is -0.297. The van der Waals surface area contributed by atoms with Crippen LogP contribution < -0.4 is 0 Å². The Morgan fingerprint density at radius 3 is 1.85 bits per heavy atom. The van der Waals surface area contributed by atoms with Crippen molar-refractivity contribution < 1.29 is 19.8 Å². The molecule has 0 fully saturated rings. The maximum Gasteiger partial charge on any atom is 0.307 e. The van der Waals surface area contributed by atoms with Crippen LogP contribution in [0, 0.1) is 17.8 Å². The second-order valence-corrected chi connectivity index (χ2v) is 3.65. The van der Waals surface area contributed by atoms with E-state index in [-0.39, 0.29) is 18.3 Å². The van der Waals surface area contributed by atoms with Gasteiger partial charge in [-0.15, -0.1) is 0 Å². The number of hydrogen-bond acceptors (Lipinski definition) is 2. The van der Waals surface area contributed by atoms with Crippen LogP contribution in [0.5, 0.6) is 0 Å². The van der Waals surface area contributed by atoms with Gasteiger partial charge in [0, 0.05) is 0 Å². The molecule has 0 spiro atoms. The fourth-order valence-corrected chi connectivity index (χ4v) is 1.15. The molecule has 4 nitrogen and oxygen atoms in total. The van der Waals surface area contributed by atoms with E-state index in [9.17, 15) is 9.59 Å². The lowest BCUT2D eigenvalue weighted by atomic mass is 9.83. The van der Waals surface area contributed by atoms with E-state index in [2.05, 4.69) is 0 Å². The first kappa shape index (κ1) is 11.9. The van der Waals surface area contributed by atoms with Gasteiger partial charge < -0.3 is 10.2 Å². The summed E-state index contributed by atoms with van der Waals surface area (Å²) in [5, 5.41) is 17.3. The lowest BCUT2D eigenvalue weighted by Crippen LogP contribution is -2.27. The Kier molecular flexibility index (Phi) is 4.45. The highest BCUT2D eigenvalue weighted by Crippen LogP contribution is 2.23. The van der Waals surface area contributed by atoms with Gasteiger partial charge in [0.2, 0.25) is 0 Å². The fourth-order valence-electron chi connectivity index (χ4n) is 1.15. The first-order valence-corrected chi connectivity index (χ1v) is 4.30. The number of aliphatic carboxylic acids is 2. The van der Waals surface area contributed by atoms with E-state index in [0.29, 0.717) is 0 Å². The van der Waals surface area contributed by atoms with Crippen molar-refractivity contribution in [1.29, 1.82) is 0 Å². The van der Waals surface area contributed by atoms with Crippen molar-refractivity contribution in [3.63, 3.8) is 0 Å². The molecule has 76 valence electrons. The van der Waals surface area contributed by atoms with E-state index < -0.39 is 17.9 Å². The predicted molar refractivity (Wildman–Crippen MR) is 47.4 cm³/mol. The van der Waals surface area contributed by atoms with Gasteiger partial charge in [-0.1, -0.05) is 20.8 Å². The maximum absolute atomic E-state index is 10.7. The molecule has 0 saturated heterocycles. The summed E-state index contributed by atoms with van der Waals surface area (Å²) in [6.45, 7) is 5.55. The Hall–Kier alpha value is -1.06. The molecule has 0 heterocycles. The molecule has 0 aliphatic heterocycles. The summed E-state index contributed by atoms with van der Waals surface area (Å²) < 4.78 is 0. The standard InChI is InChI=1S/C9H16O4/c1-5(2)6(3)7(9(12)13)4-8(10)11/h5-7H,4H2,1-3H3,(H,10,11)(H,12,13). The Morgan fingerprint density at radius 1 is 1.15 bits per heavy atom. The van der Waals surface area contributed by atoms with Crippen LogP contribution in [0.4, 0.5) is 0 Å². The Bertz CT molecular complexity index is 198. The van der Waals surface area contributed by atoms with Gasteiger partial charge in [-0.05, 0) is 11.8 Å². The maximum atomic E-state index is 10.7. The van der Waals surface area contributed by atoms with Crippen LogP contribution in [0.25, 0.3) is 0 Å². The second-order valence-electron chi connectivity index (χ2n) is 3.65. The van der Waals surface area contributed by atoms with Gasteiger partial charge in [-0.2, -0.15) is 0 Å². The topological polar surface area (TPSA) is 74.6 Å². The number of carboxylic acids is 2. The summed E-state index contributed by atoms with van der Waals surface area (Å²) in [6, 6.07) is 0. The van der Waals surface area contributed by atoms with E-state index in [0.717, 1.165) is 0 Å². The zero-order valence-corrected chi connectivity index (χ0v) is 8.15. The summed E-state index contributed by atoms with van der Waals surface area (Å²) in [5.41, 5.74) is 0. The minimum atomic E-state index is -1.06. The molecule has 0 saturated carbocycles. The highest BCUT2D eigenvalue weighted by molar-refractivity contribution is 5.77. The molecule has 0 amide bonds. The molecule has 2 N–H and O–H groups in total. The number of hydrogen-bond donors (Lipinski definition) is 2. The first-order valence-electron chi connectivity index (χ1n) is 4.30. The molecule has 13 heavy (non-hydrogen) atoms. The van der Waals surface area contributed by atoms with Crippen LogP contribution in [-0.4, -0.2) is 22.2 Å². The van der Waals surface area contributed by atoms with Crippen molar-refractivity contribution in [2.24, 2.45) is 17.8 Å². The second kappa shape index (κ2) is 4.84. The first-order chi connectivity index (χ1) is 5.86. The molecule has 4 heteroatoms. The number of carboxylic acid groups (broad SMARTS) is 2. The fraction of sp³-hybridized carbons (Fsp3) is 0.778. The molecule has 0 radical (unpaired) electrons. The quantitative estimate of drug-likeness (QED) is 0.684. The highest BCUT2D eigenvalue weighted by Gasteiger charge is 2.28. The van der Waals surface area contributed by atoms with Gasteiger partial charge in [0.15, 0.2) is 0 Å². The average Bonchev–Trinajstić information content (AvgIpc) is 1.97.